The molecule has 0 radical (unpaired) electrons. The second-order valence-electron chi connectivity index (χ2n) is 5.35. The molecule has 0 aromatic heterocycles. The van der Waals surface area contributed by atoms with Crippen molar-refractivity contribution >= 4 is 0 Å². The fourth-order valence-electron chi connectivity index (χ4n) is 1.78. The molecule has 0 unspecified atom stereocenters. The molecule has 0 atom stereocenters. The molecule has 1 aromatic carbocycles. The van der Waals surface area contributed by atoms with E-state index in [2.05, 4.69) is 20.8 Å². The molecule has 0 saturated heterocycles. The molecule has 0 spiro atoms. The molecule has 3 heteroatoms. The maximum atomic E-state index is 10.2. The summed E-state index contributed by atoms with van der Waals surface area (Å²) in [7, 11) is 0. The van der Waals surface area contributed by atoms with Crippen molar-refractivity contribution < 1.29 is 14.9 Å². The minimum atomic E-state index is -0.0954. The second-order valence-corrected chi connectivity index (χ2v) is 5.35. The van der Waals surface area contributed by atoms with Gasteiger partial charge in [0.25, 0.3) is 0 Å². The maximum Gasteiger partial charge on any atom is 0.124 e. The quantitative estimate of drug-likeness (QED) is 0.792. The van der Waals surface area contributed by atoms with E-state index >= 15 is 0 Å². The van der Waals surface area contributed by atoms with E-state index in [1.54, 1.807) is 0 Å². The van der Waals surface area contributed by atoms with Gasteiger partial charge < -0.3 is 14.9 Å². The number of aromatic hydroxyl groups is 1. The number of ether oxygens (including phenoxy) is 1. The van der Waals surface area contributed by atoms with Crippen LogP contribution in [-0.2, 0) is 16.8 Å². The fourth-order valence-corrected chi connectivity index (χ4v) is 1.78. The molecular weight excluding hydrogens is 216 g/mol. The summed E-state index contributed by atoms with van der Waals surface area (Å²) in [5, 5.41) is 18.9. The van der Waals surface area contributed by atoms with Gasteiger partial charge >= 0.3 is 0 Å². The van der Waals surface area contributed by atoms with Crippen LogP contribution in [0.5, 0.6) is 5.75 Å². The normalized spacial score (nSPS) is 11.8. The van der Waals surface area contributed by atoms with Crippen molar-refractivity contribution in [3.05, 3.63) is 28.8 Å². The lowest BCUT2D eigenvalue weighted by Crippen LogP contribution is -2.13. The Bertz CT molecular complexity index is 378. The van der Waals surface area contributed by atoms with E-state index in [0.717, 1.165) is 16.7 Å². The van der Waals surface area contributed by atoms with Crippen LogP contribution in [-0.4, -0.2) is 23.4 Å². The number of phenols is 1. The van der Waals surface area contributed by atoms with E-state index in [4.69, 9.17) is 9.84 Å². The van der Waals surface area contributed by atoms with Crippen LogP contribution in [0.2, 0.25) is 0 Å². The highest BCUT2D eigenvalue weighted by atomic mass is 16.5. The first-order valence-corrected chi connectivity index (χ1v) is 5.88. The van der Waals surface area contributed by atoms with Crippen LogP contribution >= 0.6 is 0 Å². The van der Waals surface area contributed by atoms with Crippen LogP contribution in [0.25, 0.3) is 0 Å². The third-order valence-corrected chi connectivity index (χ3v) is 2.63. The van der Waals surface area contributed by atoms with E-state index < -0.39 is 0 Å². The van der Waals surface area contributed by atoms with Gasteiger partial charge in [-0.05, 0) is 17.9 Å². The highest BCUT2D eigenvalue weighted by molar-refractivity contribution is 5.46. The average Bonchev–Trinajstić information content (AvgIpc) is 2.21. The predicted octanol–water partition coefficient (Wildman–Crippen LogP) is 2.51. The standard InChI is InChI=1S/C14H22O3/c1-10-7-11(9-17-6-5-15)13(16)12(8-10)14(2,3)4/h7-8,15-16H,5-6,9H2,1-4H3. The predicted molar refractivity (Wildman–Crippen MR) is 68.3 cm³/mol. The first-order valence-electron chi connectivity index (χ1n) is 5.88. The molecule has 17 heavy (non-hydrogen) atoms. The Balaban J connectivity index is 3.02. The summed E-state index contributed by atoms with van der Waals surface area (Å²) >= 11 is 0. The molecule has 96 valence electrons. The van der Waals surface area contributed by atoms with Gasteiger partial charge in [-0.1, -0.05) is 38.5 Å². The Morgan fingerprint density at radius 1 is 1.24 bits per heavy atom. The third kappa shape index (κ3) is 3.72. The molecule has 2 N–H and O–H groups in total. The van der Waals surface area contributed by atoms with Crippen LogP contribution < -0.4 is 0 Å². The smallest absolute Gasteiger partial charge is 0.124 e. The molecule has 0 heterocycles. The Hall–Kier alpha value is -1.06. The van der Waals surface area contributed by atoms with Gasteiger partial charge in [-0.3, -0.25) is 0 Å². The summed E-state index contributed by atoms with van der Waals surface area (Å²) in [6.07, 6.45) is 0. The molecule has 0 aliphatic rings. The molecule has 1 rings (SSSR count). The fraction of sp³-hybridized carbons (Fsp3) is 0.571. The lowest BCUT2D eigenvalue weighted by atomic mass is 9.84. The average molecular weight is 238 g/mol. The highest BCUT2D eigenvalue weighted by Crippen LogP contribution is 2.34. The number of phenolic OH excluding ortho intramolecular Hbond substituents is 1. The zero-order valence-corrected chi connectivity index (χ0v) is 11.1. The molecule has 0 bridgehead atoms. The largest absolute Gasteiger partial charge is 0.507 e. The van der Waals surface area contributed by atoms with Gasteiger partial charge in [0.05, 0.1) is 19.8 Å². The van der Waals surface area contributed by atoms with Crippen LogP contribution in [0, 0.1) is 6.92 Å². The Morgan fingerprint density at radius 2 is 1.88 bits per heavy atom. The summed E-state index contributed by atoms with van der Waals surface area (Å²) in [5.41, 5.74) is 2.72. The molecule has 3 nitrogen and oxygen atoms in total. The number of benzene rings is 1. The zero-order valence-electron chi connectivity index (χ0n) is 11.1. The molecule has 1 aromatic rings. The minimum absolute atomic E-state index is 0.00128. The SMILES string of the molecule is Cc1cc(COCCO)c(O)c(C(C)(C)C)c1. The monoisotopic (exact) mass is 238 g/mol. The van der Waals surface area contributed by atoms with E-state index in [-0.39, 0.29) is 18.6 Å². The third-order valence-electron chi connectivity index (χ3n) is 2.63. The summed E-state index contributed by atoms with van der Waals surface area (Å²) in [5.74, 6) is 0.307. The van der Waals surface area contributed by atoms with Crippen molar-refractivity contribution in [2.75, 3.05) is 13.2 Å². The van der Waals surface area contributed by atoms with Crippen molar-refractivity contribution in [3.8, 4) is 5.75 Å². The molecule has 0 amide bonds. The number of rotatable bonds is 4. The van der Waals surface area contributed by atoms with E-state index in [1.165, 1.54) is 0 Å². The number of aliphatic hydroxyl groups is 1. The summed E-state index contributed by atoms with van der Waals surface area (Å²) in [6.45, 7) is 8.83. The summed E-state index contributed by atoms with van der Waals surface area (Å²) in [4.78, 5) is 0. The molecule has 0 saturated carbocycles. The van der Waals surface area contributed by atoms with Crippen molar-refractivity contribution in [2.24, 2.45) is 0 Å². The van der Waals surface area contributed by atoms with Crippen molar-refractivity contribution in [1.29, 1.82) is 0 Å². The van der Waals surface area contributed by atoms with Crippen LogP contribution in [0.3, 0.4) is 0 Å². The lowest BCUT2D eigenvalue weighted by Gasteiger charge is -2.23. The first kappa shape index (κ1) is 14.0. The molecule has 0 aliphatic heterocycles. The van der Waals surface area contributed by atoms with Crippen LogP contribution in [0.15, 0.2) is 12.1 Å². The van der Waals surface area contributed by atoms with Gasteiger partial charge in [0.1, 0.15) is 5.75 Å². The second kappa shape index (κ2) is 5.52. The van der Waals surface area contributed by atoms with Crippen LogP contribution in [0.4, 0.5) is 0 Å². The lowest BCUT2D eigenvalue weighted by molar-refractivity contribution is 0.0802. The maximum absolute atomic E-state index is 10.2. The van der Waals surface area contributed by atoms with Gasteiger partial charge in [0.2, 0.25) is 0 Å². The molecule has 0 aliphatic carbocycles. The Labute approximate surface area is 103 Å². The van der Waals surface area contributed by atoms with Crippen molar-refractivity contribution in [2.45, 2.75) is 39.7 Å². The number of aryl methyl sites for hydroxylation is 1. The highest BCUT2D eigenvalue weighted by Gasteiger charge is 2.20. The first-order chi connectivity index (χ1) is 7.86. The summed E-state index contributed by atoms with van der Waals surface area (Å²) in [6, 6.07) is 3.92. The molecular formula is C14H22O3. The number of aliphatic hydroxyl groups excluding tert-OH is 1. The zero-order chi connectivity index (χ0) is 13.1. The van der Waals surface area contributed by atoms with Crippen molar-refractivity contribution in [1.82, 2.24) is 0 Å². The van der Waals surface area contributed by atoms with Gasteiger partial charge in [-0.15, -0.1) is 0 Å². The van der Waals surface area contributed by atoms with Gasteiger partial charge in [0, 0.05) is 5.56 Å². The van der Waals surface area contributed by atoms with E-state index in [1.807, 2.05) is 19.1 Å². The minimum Gasteiger partial charge on any atom is -0.507 e. The summed E-state index contributed by atoms with van der Waals surface area (Å²) < 4.78 is 5.26. The van der Waals surface area contributed by atoms with Gasteiger partial charge in [-0.2, -0.15) is 0 Å². The van der Waals surface area contributed by atoms with Gasteiger partial charge in [0.15, 0.2) is 0 Å². The molecule has 0 fully saturated rings. The number of hydrogen-bond acceptors (Lipinski definition) is 3. The topological polar surface area (TPSA) is 49.7 Å². The Morgan fingerprint density at radius 3 is 2.41 bits per heavy atom. The van der Waals surface area contributed by atoms with Crippen molar-refractivity contribution in [3.63, 3.8) is 0 Å². The Kier molecular flexibility index (Phi) is 4.54. The van der Waals surface area contributed by atoms with Gasteiger partial charge in [-0.25, -0.2) is 0 Å². The van der Waals surface area contributed by atoms with E-state index in [0.29, 0.717) is 12.4 Å². The number of hydrogen-bond donors (Lipinski definition) is 2. The van der Waals surface area contributed by atoms with E-state index in [9.17, 15) is 5.11 Å². The van der Waals surface area contributed by atoms with Crippen LogP contribution in [0.1, 0.15) is 37.5 Å².